The number of hydrogen-bond donors (Lipinski definition) is 6. The molecule has 1 spiro atoms. The van der Waals surface area contributed by atoms with Crippen molar-refractivity contribution in [1.29, 1.82) is 0 Å². The first-order chi connectivity index (χ1) is 36.1. The molecule has 2 saturated heterocycles. The van der Waals surface area contributed by atoms with E-state index in [0.717, 1.165) is 87.8 Å². The fraction of sp³-hybridized carbons (Fsp3) is 0.754. The summed E-state index contributed by atoms with van der Waals surface area (Å²) in [7, 11) is 3.93. The average Bonchev–Trinajstić information content (AvgIpc) is 3.95. The molecule has 3 aromatic rings. The Bertz CT molecular complexity index is 2740. The first-order valence-electron chi connectivity index (χ1n) is 30.4. The van der Waals surface area contributed by atoms with Crippen LogP contribution in [0, 0.1) is 56.2 Å². The number of aryl methyl sites for hydroxylation is 1. The van der Waals surface area contributed by atoms with Crippen molar-refractivity contribution in [3.8, 4) is 0 Å². The number of carbonyl (C=O) groups is 2. The molecule has 5 saturated carbocycles. The van der Waals surface area contributed by atoms with Crippen LogP contribution in [0.25, 0.3) is 11.0 Å². The molecule has 6 aliphatic carbocycles. The van der Waals surface area contributed by atoms with E-state index in [1.54, 1.807) is 0 Å². The largest absolute Gasteiger partial charge is 0.393 e. The van der Waals surface area contributed by atoms with Gasteiger partial charge in [0.15, 0.2) is 5.78 Å². The fourth-order valence-corrected chi connectivity index (χ4v) is 20.2. The highest BCUT2D eigenvalue weighted by atomic mass is 16.6. The number of nitrogens with one attached hydrogen (secondary N) is 3. The van der Waals surface area contributed by atoms with Gasteiger partial charge in [-0.15, -0.1) is 0 Å². The molecular formula is C65H94N4O7. The number of epoxide rings is 1. The number of Topliss-reactive ketones (excluding diaryl/α,β-unsaturated/α-hetero) is 2. The predicted molar refractivity (Wildman–Crippen MR) is 298 cm³/mol. The zero-order valence-corrected chi connectivity index (χ0v) is 47.8. The molecule has 14 atom stereocenters. The molecule has 0 amide bonds. The molecule has 6 N–H and O–H groups in total. The third-order valence-electron chi connectivity index (χ3n) is 24.3. The Morgan fingerprint density at radius 3 is 2.26 bits per heavy atom. The van der Waals surface area contributed by atoms with Gasteiger partial charge < -0.3 is 45.0 Å². The van der Waals surface area contributed by atoms with Crippen molar-refractivity contribution in [3.63, 3.8) is 0 Å². The summed E-state index contributed by atoms with van der Waals surface area (Å²) in [4.78, 5) is 34.8. The number of aliphatic hydroxyl groups excluding tert-OH is 3. The third-order valence-corrected chi connectivity index (χ3v) is 24.3. The summed E-state index contributed by atoms with van der Waals surface area (Å²) >= 11 is 0. The topological polar surface area (TPSA) is 161 Å². The lowest BCUT2D eigenvalue weighted by Crippen LogP contribution is -2.72. The molecule has 12 rings (SSSR count). The number of allylic oxidation sites excluding steroid dienone is 1. The van der Waals surface area contributed by atoms with Crippen LogP contribution < -0.4 is 10.6 Å². The van der Waals surface area contributed by atoms with E-state index in [1.807, 2.05) is 27.9 Å². The molecule has 9 aliphatic rings. The van der Waals surface area contributed by atoms with E-state index in [9.17, 15) is 15.3 Å². The van der Waals surface area contributed by atoms with Crippen molar-refractivity contribution >= 4 is 22.6 Å². The summed E-state index contributed by atoms with van der Waals surface area (Å²) < 4.78 is 14.5. The monoisotopic (exact) mass is 1040 g/mol. The number of rotatable bonds is 12. The lowest BCUT2D eigenvalue weighted by atomic mass is 9.30. The zero-order valence-electron chi connectivity index (χ0n) is 47.8. The van der Waals surface area contributed by atoms with E-state index in [0.29, 0.717) is 62.8 Å². The highest BCUT2D eigenvalue weighted by Gasteiger charge is 2.78. The van der Waals surface area contributed by atoms with Gasteiger partial charge in [0.1, 0.15) is 11.9 Å². The minimum atomic E-state index is -0.849. The normalized spacial score (nSPS) is 40.9. The van der Waals surface area contributed by atoms with Crippen LogP contribution in [-0.4, -0.2) is 107 Å². The second-order valence-corrected chi connectivity index (χ2v) is 28.8. The molecule has 3 aliphatic heterocycles. The first-order valence-corrected chi connectivity index (χ1v) is 30.4. The predicted octanol–water partition coefficient (Wildman–Crippen LogP) is 10.3. The van der Waals surface area contributed by atoms with Crippen LogP contribution in [0.1, 0.15) is 191 Å². The van der Waals surface area contributed by atoms with E-state index >= 15 is 9.59 Å². The van der Waals surface area contributed by atoms with Crippen LogP contribution in [0.15, 0.2) is 41.7 Å². The number of aliphatic hydroxyl groups is 3. The van der Waals surface area contributed by atoms with Gasteiger partial charge in [0, 0.05) is 80.3 Å². The minimum Gasteiger partial charge on any atom is -0.393 e. The third kappa shape index (κ3) is 8.00. The van der Waals surface area contributed by atoms with Crippen molar-refractivity contribution in [1.82, 2.24) is 20.2 Å². The van der Waals surface area contributed by atoms with Gasteiger partial charge >= 0.3 is 0 Å². The highest BCUT2D eigenvalue weighted by Crippen LogP contribution is 2.80. The van der Waals surface area contributed by atoms with E-state index in [-0.39, 0.29) is 29.6 Å². The molecule has 76 heavy (non-hydrogen) atoms. The number of H-pyrrole nitrogens is 1. The average molecular weight is 1040 g/mol. The van der Waals surface area contributed by atoms with Gasteiger partial charge in [0.25, 0.3) is 0 Å². The van der Waals surface area contributed by atoms with Gasteiger partial charge in [-0.3, -0.25) is 9.59 Å². The van der Waals surface area contributed by atoms with E-state index in [2.05, 4.69) is 85.4 Å². The van der Waals surface area contributed by atoms with Gasteiger partial charge in [-0.2, -0.15) is 0 Å². The minimum absolute atomic E-state index is 0.00696. The summed E-state index contributed by atoms with van der Waals surface area (Å²) in [6.07, 6.45) is 17.6. The van der Waals surface area contributed by atoms with Crippen LogP contribution >= 0.6 is 0 Å². The van der Waals surface area contributed by atoms with E-state index in [1.165, 1.54) is 65.4 Å². The van der Waals surface area contributed by atoms with Crippen LogP contribution in [0.4, 0.5) is 0 Å². The van der Waals surface area contributed by atoms with Gasteiger partial charge in [0.05, 0.1) is 34.9 Å². The number of aromatic amines is 1. The highest BCUT2D eigenvalue weighted by molar-refractivity contribution is 6.02. The molecule has 7 fully saturated rings. The van der Waals surface area contributed by atoms with Crippen molar-refractivity contribution in [2.45, 2.75) is 212 Å². The Balaban J connectivity index is 1.03. The first kappa shape index (κ1) is 53.5. The lowest BCUT2D eigenvalue weighted by Gasteiger charge is -2.74. The fourth-order valence-electron chi connectivity index (χ4n) is 20.2. The van der Waals surface area contributed by atoms with Crippen molar-refractivity contribution < 1.29 is 34.4 Å². The molecule has 2 aromatic heterocycles. The van der Waals surface area contributed by atoms with Crippen molar-refractivity contribution in [2.75, 3.05) is 40.4 Å². The molecule has 0 radical (unpaired) electrons. The Morgan fingerprint density at radius 1 is 0.868 bits per heavy atom. The van der Waals surface area contributed by atoms with Crippen LogP contribution in [0.2, 0.25) is 0 Å². The zero-order chi connectivity index (χ0) is 53.5. The summed E-state index contributed by atoms with van der Waals surface area (Å²) in [5.41, 5.74) is 7.15. The quantitative estimate of drug-likeness (QED) is 0.0971. The maximum absolute atomic E-state index is 15.8. The molecule has 1 aromatic carbocycles. The van der Waals surface area contributed by atoms with E-state index in [4.69, 9.17) is 9.47 Å². The Hall–Kier alpha value is -3.16. The van der Waals surface area contributed by atoms with Crippen LogP contribution in [0.3, 0.4) is 0 Å². The smallest absolute Gasteiger partial charge is 0.160 e. The maximum atomic E-state index is 15.8. The molecule has 0 unspecified atom stereocenters. The lowest BCUT2D eigenvalue weighted by molar-refractivity contribution is -0.262. The second kappa shape index (κ2) is 19.0. The summed E-state index contributed by atoms with van der Waals surface area (Å²) in [6.45, 7) is 19.4. The summed E-state index contributed by atoms with van der Waals surface area (Å²) in [5, 5.41) is 45.6. The number of ether oxygens (including phenoxy) is 2. The molecule has 11 heteroatoms. The molecule has 416 valence electrons. The SMILES string of the molecule is CNCC[C@]1(C)C(=O)C[C@@]2(C[C@@H](CNC)[C@H](O)C2)[C@@]2(C)[C@H]3[C@H](O)[C@@H]4Cn5cc(Cc6cc(C7CCCCC7)cc(C7CCOCC7)c6)c6[nH]cc(c65)CC[C@@](C)(C[C@@H](O)[C@H]5OC5(C)C)C5=C4[C@](C)(CC5=O)[C@@]3(C)CC[C@H]21. The molecule has 5 heterocycles. The molecule has 11 nitrogen and oxygen atoms in total. The van der Waals surface area contributed by atoms with Gasteiger partial charge in [-0.1, -0.05) is 72.1 Å². The Labute approximate surface area is 453 Å². The van der Waals surface area contributed by atoms with E-state index < -0.39 is 62.3 Å². The van der Waals surface area contributed by atoms with Gasteiger partial charge in [-0.25, -0.2) is 0 Å². The Morgan fingerprint density at radius 2 is 1.58 bits per heavy atom. The van der Waals surface area contributed by atoms with Gasteiger partial charge in [0.2, 0.25) is 0 Å². The number of aromatic nitrogens is 2. The van der Waals surface area contributed by atoms with Crippen LogP contribution in [0.5, 0.6) is 0 Å². The van der Waals surface area contributed by atoms with Crippen LogP contribution in [-0.2, 0) is 38.4 Å². The maximum Gasteiger partial charge on any atom is 0.160 e. The second-order valence-electron chi connectivity index (χ2n) is 28.8. The number of hydrogen-bond acceptors (Lipinski definition) is 9. The number of carbonyl (C=O) groups excluding carboxylic acids is 2. The summed E-state index contributed by atoms with van der Waals surface area (Å²) in [5.74, 6) is 0.856. The molecule has 0 bridgehead atoms. The standard InChI is InChI=1S/C65H94N4O7/c1-59(2)58(76-59)49(72)30-60(3)19-15-41-35-68-54-44(27-38-25-42(39-13-11-10-12-14-39)28-43(26-38)40-17-23-75-24-18-40)36-69(55(41)54)37-46-52-53(60)48(71)31-63(52,6)62(5)20-16-50-61(4,21-22-66-8)51(73)33-65(64(50,7)57(62)56(46)74)29-45(34-67-9)47(70)32-65/h25-26,28,35-36,39-40,45-47,49-50,56-58,66-68,70,72,74H,10-24,27,29-34,37H2,1-9H3/t45-,46+,47+,49+,50-,56+,57-,58+,60-,61-,62-,63-,64+,65-/m0/s1. The van der Waals surface area contributed by atoms with Crippen molar-refractivity contribution in [2.24, 2.45) is 56.2 Å². The Kier molecular flexibility index (Phi) is 13.4. The number of nitrogens with zero attached hydrogens (tertiary/aromatic N) is 1. The molecular weight excluding hydrogens is 949 g/mol. The number of benzene rings is 1. The number of fused-ring (bicyclic) bond motifs is 5. The van der Waals surface area contributed by atoms with Gasteiger partial charge in [-0.05, 0) is 196 Å². The number of ketones is 2. The van der Waals surface area contributed by atoms with Crippen molar-refractivity contribution in [3.05, 3.63) is 69.6 Å². The summed E-state index contributed by atoms with van der Waals surface area (Å²) in [6, 6.07) is 7.57.